The standard InChI is InChI=1S/C9H5NO2S/c11-8-6-3-1-2-5(4-13)7(6)9(12)10-8/h1-4H,(H,10,11,12). The average Bonchev–Trinajstić information content (AvgIpc) is 2.43. The predicted molar refractivity (Wildman–Crippen MR) is 51.0 cm³/mol. The minimum atomic E-state index is -0.364. The highest BCUT2D eigenvalue weighted by Crippen LogP contribution is 2.18. The Bertz CT molecular complexity index is 426. The van der Waals surface area contributed by atoms with Gasteiger partial charge in [0, 0.05) is 5.37 Å². The van der Waals surface area contributed by atoms with E-state index in [0.29, 0.717) is 16.7 Å². The summed E-state index contributed by atoms with van der Waals surface area (Å²) in [4.78, 5) is 22.4. The molecule has 3 nitrogen and oxygen atoms in total. The summed E-state index contributed by atoms with van der Waals surface area (Å²) in [6, 6.07) is 5.02. The first-order valence-corrected chi connectivity index (χ1v) is 4.15. The quantitative estimate of drug-likeness (QED) is 0.530. The molecule has 0 atom stereocenters. The van der Waals surface area contributed by atoms with Gasteiger partial charge in [-0.2, -0.15) is 0 Å². The number of thiocarbonyl (C=S) groups is 1. The van der Waals surface area contributed by atoms with E-state index in [1.54, 1.807) is 18.2 Å². The lowest BCUT2D eigenvalue weighted by Gasteiger charge is -1.97. The van der Waals surface area contributed by atoms with E-state index in [0.717, 1.165) is 0 Å². The maximum Gasteiger partial charge on any atom is 0.259 e. The smallest absolute Gasteiger partial charge is 0.259 e. The van der Waals surface area contributed by atoms with Gasteiger partial charge in [0.15, 0.2) is 0 Å². The van der Waals surface area contributed by atoms with E-state index < -0.39 is 0 Å². The Kier molecular flexibility index (Phi) is 1.70. The summed E-state index contributed by atoms with van der Waals surface area (Å²) >= 11 is 4.74. The van der Waals surface area contributed by atoms with Crippen molar-refractivity contribution in [1.29, 1.82) is 0 Å². The summed E-state index contributed by atoms with van der Waals surface area (Å²) in [5.41, 5.74) is 1.42. The normalized spacial score (nSPS) is 13.8. The van der Waals surface area contributed by atoms with Crippen LogP contribution in [0.5, 0.6) is 0 Å². The highest BCUT2D eigenvalue weighted by atomic mass is 32.1. The number of nitrogens with one attached hydrogen (secondary N) is 1. The molecule has 0 aromatic heterocycles. The summed E-state index contributed by atoms with van der Waals surface area (Å²) in [7, 11) is 0. The predicted octanol–water partition coefficient (Wildman–Crippen LogP) is 0.918. The van der Waals surface area contributed by atoms with E-state index in [4.69, 9.17) is 12.2 Å². The van der Waals surface area contributed by atoms with Crippen molar-refractivity contribution in [2.75, 3.05) is 0 Å². The summed E-state index contributed by atoms with van der Waals surface area (Å²) in [6.45, 7) is 0. The van der Waals surface area contributed by atoms with Crippen LogP contribution in [0.1, 0.15) is 26.3 Å². The second kappa shape index (κ2) is 2.74. The van der Waals surface area contributed by atoms with Crippen molar-refractivity contribution in [2.24, 2.45) is 0 Å². The number of hydrogen-bond acceptors (Lipinski definition) is 3. The van der Waals surface area contributed by atoms with Crippen LogP contribution in [0, 0.1) is 0 Å². The van der Waals surface area contributed by atoms with Crippen LogP contribution in [0.4, 0.5) is 0 Å². The Morgan fingerprint density at radius 2 is 2.00 bits per heavy atom. The third kappa shape index (κ3) is 1.07. The molecule has 1 N–H and O–H groups in total. The molecule has 4 heteroatoms. The molecule has 64 valence electrons. The molecule has 1 aromatic carbocycles. The number of carbonyl (C=O) groups excluding carboxylic acids is 2. The highest BCUT2D eigenvalue weighted by Gasteiger charge is 2.28. The molecule has 0 spiro atoms. The number of amides is 2. The van der Waals surface area contributed by atoms with Gasteiger partial charge >= 0.3 is 0 Å². The Labute approximate surface area is 79.8 Å². The number of hydrogen-bond donors (Lipinski definition) is 1. The van der Waals surface area contributed by atoms with Gasteiger partial charge < -0.3 is 0 Å². The molecular weight excluding hydrogens is 186 g/mol. The fourth-order valence-corrected chi connectivity index (χ4v) is 1.54. The minimum absolute atomic E-state index is 0.348. The second-order valence-electron chi connectivity index (χ2n) is 2.67. The van der Waals surface area contributed by atoms with Crippen LogP contribution in [0.15, 0.2) is 18.2 Å². The Hall–Kier alpha value is -1.55. The van der Waals surface area contributed by atoms with Gasteiger partial charge in [0.05, 0.1) is 11.1 Å². The van der Waals surface area contributed by atoms with Gasteiger partial charge in [0.25, 0.3) is 11.8 Å². The van der Waals surface area contributed by atoms with E-state index in [-0.39, 0.29) is 11.8 Å². The van der Waals surface area contributed by atoms with Gasteiger partial charge in [-0.15, -0.1) is 0 Å². The summed E-state index contributed by atoms with van der Waals surface area (Å²) in [6.07, 6.45) is 0. The second-order valence-corrected chi connectivity index (χ2v) is 2.91. The molecule has 0 bridgehead atoms. The van der Waals surface area contributed by atoms with E-state index >= 15 is 0 Å². The zero-order valence-corrected chi connectivity index (χ0v) is 7.35. The number of rotatable bonds is 1. The van der Waals surface area contributed by atoms with Crippen molar-refractivity contribution < 1.29 is 9.59 Å². The average molecular weight is 191 g/mol. The maximum atomic E-state index is 11.3. The number of fused-ring (bicyclic) bond motifs is 1. The maximum absolute atomic E-state index is 11.3. The van der Waals surface area contributed by atoms with Gasteiger partial charge in [-0.3, -0.25) is 14.9 Å². The molecule has 1 aromatic rings. The van der Waals surface area contributed by atoms with Crippen molar-refractivity contribution in [1.82, 2.24) is 5.32 Å². The van der Waals surface area contributed by atoms with Gasteiger partial charge in [-0.25, -0.2) is 0 Å². The molecule has 0 saturated heterocycles. The van der Waals surface area contributed by atoms with Crippen LogP contribution in [-0.2, 0) is 0 Å². The molecule has 0 unspecified atom stereocenters. The summed E-state index contributed by atoms with van der Waals surface area (Å²) < 4.78 is 0. The first kappa shape index (κ1) is 8.07. The lowest BCUT2D eigenvalue weighted by atomic mass is 10.0. The highest BCUT2D eigenvalue weighted by molar-refractivity contribution is 7.79. The van der Waals surface area contributed by atoms with E-state index in [2.05, 4.69) is 5.32 Å². The van der Waals surface area contributed by atoms with Crippen molar-refractivity contribution >= 4 is 29.4 Å². The van der Waals surface area contributed by atoms with Crippen molar-refractivity contribution in [2.45, 2.75) is 0 Å². The van der Waals surface area contributed by atoms with Gasteiger partial charge in [-0.05, 0) is 11.6 Å². The molecule has 1 aliphatic heterocycles. The molecule has 1 aliphatic rings. The third-order valence-electron chi connectivity index (χ3n) is 1.92. The SMILES string of the molecule is O=C1NC(=O)c2c(C=S)cccc21. The van der Waals surface area contributed by atoms with E-state index in [9.17, 15) is 9.59 Å². The lowest BCUT2D eigenvalue weighted by Crippen LogP contribution is -2.20. The van der Waals surface area contributed by atoms with Crippen molar-refractivity contribution in [3.8, 4) is 0 Å². The van der Waals surface area contributed by atoms with Gasteiger partial charge in [-0.1, -0.05) is 24.4 Å². The molecule has 0 fully saturated rings. The van der Waals surface area contributed by atoms with Crippen LogP contribution in [0.3, 0.4) is 0 Å². The molecule has 0 saturated carbocycles. The van der Waals surface area contributed by atoms with Crippen LogP contribution < -0.4 is 5.32 Å². The first-order chi connectivity index (χ1) is 6.24. The minimum Gasteiger partial charge on any atom is -0.288 e. The van der Waals surface area contributed by atoms with E-state index in [1.807, 2.05) is 0 Å². The van der Waals surface area contributed by atoms with Crippen LogP contribution >= 0.6 is 12.2 Å². The molecule has 13 heavy (non-hydrogen) atoms. The molecule has 0 aliphatic carbocycles. The van der Waals surface area contributed by atoms with Crippen LogP contribution in [0.2, 0.25) is 0 Å². The molecule has 2 rings (SSSR count). The summed E-state index contributed by atoms with van der Waals surface area (Å²) in [5.74, 6) is -0.713. The number of imide groups is 1. The lowest BCUT2D eigenvalue weighted by molar-refractivity contribution is 0.0879. The van der Waals surface area contributed by atoms with Gasteiger partial charge in [0.1, 0.15) is 0 Å². The molecule has 0 radical (unpaired) electrons. The molecule has 1 heterocycles. The van der Waals surface area contributed by atoms with E-state index in [1.165, 1.54) is 5.37 Å². The largest absolute Gasteiger partial charge is 0.288 e. The Morgan fingerprint density at radius 3 is 2.69 bits per heavy atom. The van der Waals surface area contributed by atoms with Crippen molar-refractivity contribution in [3.05, 3.63) is 34.9 Å². The fraction of sp³-hybridized carbons (Fsp3) is 0. The topological polar surface area (TPSA) is 46.2 Å². The Morgan fingerprint density at radius 1 is 1.23 bits per heavy atom. The summed E-state index contributed by atoms with van der Waals surface area (Å²) in [5, 5.41) is 3.61. The third-order valence-corrected chi connectivity index (χ3v) is 2.18. The molecule has 2 amide bonds. The zero-order valence-electron chi connectivity index (χ0n) is 6.53. The van der Waals surface area contributed by atoms with Crippen LogP contribution in [-0.4, -0.2) is 17.2 Å². The zero-order chi connectivity index (χ0) is 9.42. The fourth-order valence-electron chi connectivity index (χ4n) is 1.34. The van der Waals surface area contributed by atoms with Gasteiger partial charge in [0.2, 0.25) is 0 Å². The first-order valence-electron chi connectivity index (χ1n) is 3.68. The number of carbonyl (C=O) groups is 2. The molecular formula is C9H5NO2S. The Balaban J connectivity index is 2.75. The van der Waals surface area contributed by atoms with Crippen LogP contribution in [0.25, 0.3) is 0 Å². The monoisotopic (exact) mass is 191 g/mol. The van der Waals surface area contributed by atoms with Crippen molar-refractivity contribution in [3.63, 3.8) is 0 Å². The number of benzene rings is 1.